The van der Waals surface area contributed by atoms with E-state index in [1.807, 2.05) is 0 Å². The normalized spacial score (nSPS) is 28.7. The zero-order valence-electron chi connectivity index (χ0n) is 26.1. The molecule has 4 amide bonds. The second-order valence-corrected chi connectivity index (χ2v) is 14.6. The van der Waals surface area contributed by atoms with E-state index in [1.54, 1.807) is 0 Å². The first kappa shape index (κ1) is 33.4. The van der Waals surface area contributed by atoms with Crippen LogP contribution in [0, 0.1) is 22.7 Å². The van der Waals surface area contributed by atoms with Crippen LogP contribution in [-0.2, 0) is 9.59 Å². The van der Waals surface area contributed by atoms with Crippen LogP contribution in [0.2, 0.25) is 0 Å². The van der Waals surface area contributed by atoms with Crippen LogP contribution in [-0.4, -0.2) is 59.4 Å². The lowest BCUT2D eigenvalue weighted by molar-refractivity contribution is -0.141. The molecule has 0 spiro atoms. The summed E-state index contributed by atoms with van der Waals surface area (Å²) in [6.07, 6.45) is 19.8. The molecule has 0 heterocycles. The standard InChI is InChI=1S/C33H56N4O6/c38-28(39)20-32(15-3-1-4-16-32)22-34-30(42)36-26-11-7-24(8-12-26)19-25-9-13-27(14-10-25)37-31(43)35-23-33(21-29(40)41)17-5-2-6-18-33/h24-27H,1-23H2,(H,38,39)(H,40,41)(H2,34,36,42)(H2,35,37,43). The average molecular weight is 605 g/mol. The highest BCUT2D eigenvalue weighted by molar-refractivity contribution is 5.75. The average Bonchev–Trinajstić information content (AvgIpc) is 2.97. The van der Waals surface area contributed by atoms with Crippen molar-refractivity contribution in [1.82, 2.24) is 21.3 Å². The molecule has 4 aliphatic rings. The lowest BCUT2D eigenvalue weighted by Crippen LogP contribution is -2.48. The molecule has 0 aliphatic heterocycles. The fourth-order valence-corrected chi connectivity index (χ4v) is 8.64. The molecule has 244 valence electrons. The van der Waals surface area contributed by atoms with Gasteiger partial charge in [0, 0.05) is 25.2 Å². The number of carbonyl (C=O) groups is 4. The van der Waals surface area contributed by atoms with Crippen molar-refractivity contribution in [3.8, 4) is 0 Å². The van der Waals surface area contributed by atoms with Gasteiger partial charge in [0.2, 0.25) is 0 Å². The minimum absolute atomic E-state index is 0.124. The van der Waals surface area contributed by atoms with Gasteiger partial charge in [-0.05, 0) is 106 Å². The minimum atomic E-state index is -0.782. The Labute approximate surface area is 257 Å². The number of carboxylic acids is 2. The fraction of sp³-hybridized carbons (Fsp3) is 0.879. The van der Waals surface area contributed by atoms with E-state index in [9.17, 15) is 29.4 Å². The third kappa shape index (κ3) is 10.9. The van der Waals surface area contributed by atoms with E-state index < -0.39 is 11.9 Å². The van der Waals surface area contributed by atoms with Crippen molar-refractivity contribution < 1.29 is 29.4 Å². The van der Waals surface area contributed by atoms with Crippen molar-refractivity contribution in [2.75, 3.05) is 13.1 Å². The summed E-state index contributed by atoms with van der Waals surface area (Å²) in [4.78, 5) is 48.1. The number of aliphatic carboxylic acids is 2. The first-order chi connectivity index (χ1) is 20.6. The Morgan fingerprint density at radius 2 is 0.884 bits per heavy atom. The number of amides is 4. The molecule has 0 atom stereocenters. The van der Waals surface area contributed by atoms with Gasteiger partial charge in [-0.3, -0.25) is 9.59 Å². The number of hydrogen-bond donors (Lipinski definition) is 6. The highest BCUT2D eigenvalue weighted by atomic mass is 16.4. The predicted molar refractivity (Wildman–Crippen MR) is 165 cm³/mol. The third-order valence-corrected chi connectivity index (χ3v) is 11.2. The minimum Gasteiger partial charge on any atom is -0.481 e. The van der Waals surface area contributed by atoms with Crippen molar-refractivity contribution >= 4 is 24.0 Å². The molecule has 10 nitrogen and oxygen atoms in total. The van der Waals surface area contributed by atoms with Gasteiger partial charge in [0.25, 0.3) is 0 Å². The number of carboxylic acid groups (broad SMARTS) is 2. The first-order valence-corrected chi connectivity index (χ1v) is 17.2. The Hall–Kier alpha value is -2.52. The SMILES string of the molecule is O=C(O)CC1(CNC(=O)NC2CCC(CC3CCC(NC(=O)NCC4(CC(=O)O)CCCCC4)CC3)CC2)CCCCC1. The van der Waals surface area contributed by atoms with E-state index in [0.29, 0.717) is 24.9 Å². The van der Waals surface area contributed by atoms with Crippen LogP contribution in [0.5, 0.6) is 0 Å². The van der Waals surface area contributed by atoms with E-state index in [2.05, 4.69) is 21.3 Å². The molecule has 4 fully saturated rings. The van der Waals surface area contributed by atoms with Crippen LogP contribution in [0.1, 0.15) is 135 Å². The quantitative estimate of drug-likeness (QED) is 0.162. The van der Waals surface area contributed by atoms with Crippen molar-refractivity contribution in [3.63, 3.8) is 0 Å². The number of urea groups is 2. The van der Waals surface area contributed by atoms with Gasteiger partial charge in [-0.25, -0.2) is 9.59 Å². The molecule has 0 aromatic heterocycles. The summed E-state index contributed by atoms with van der Waals surface area (Å²) in [7, 11) is 0. The largest absolute Gasteiger partial charge is 0.481 e. The molecule has 0 unspecified atom stereocenters. The van der Waals surface area contributed by atoms with Crippen LogP contribution in [0.3, 0.4) is 0 Å². The van der Waals surface area contributed by atoms with Gasteiger partial charge in [0.1, 0.15) is 0 Å². The Balaban J connectivity index is 1.09. The van der Waals surface area contributed by atoms with Gasteiger partial charge < -0.3 is 31.5 Å². The Morgan fingerprint density at radius 1 is 0.535 bits per heavy atom. The van der Waals surface area contributed by atoms with Gasteiger partial charge >= 0.3 is 24.0 Å². The molecular formula is C33H56N4O6. The predicted octanol–water partition coefficient (Wildman–Crippen LogP) is 5.94. The summed E-state index contributed by atoms with van der Waals surface area (Å²) in [6, 6.07) is 0.0355. The van der Waals surface area contributed by atoms with E-state index in [4.69, 9.17) is 0 Å². The zero-order chi connectivity index (χ0) is 30.7. The molecule has 4 saturated carbocycles. The van der Waals surface area contributed by atoms with Gasteiger partial charge in [0.15, 0.2) is 0 Å². The van der Waals surface area contributed by atoms with Crippen LogP contribution in [0.4, 0.5) is 9.59 Å². The van der Waals surface area contributed by atoms with Crippen molar-refractivity contribution in [2.45, 2.75) is 147 Å². The van der Waals surface area contributed by atoms with Crippen molar-refractivity contribution in [2.24, 2.45) is 22.7 Å². The summed E-state index contributed by atoms with van der Waals surface area (Å²) in [5.74, 6) is -0.202. The number of rotatable bonds is 12. The Kier molecular flexibility index (Phi) is 12.4. The van der Waals surface area contributed by atoms with E-state index in [1.165, 1.54) is 6.42 Å². The highest BCUT2D eigenvalue weighted by Crippen LogP contribution is 2.40. The topological polar surface area (TPSA) is 157 Å². The smallest absolute Gasteiger partial charge is 0.315 e. The monoisotopic (exact) mass is 604 g/mol. The maximum atomic E-state index is 12.6. The highest BCUT2D eigenvalue weighted by Gasteiger charge is 2.36. The van der Waals surface area contributed by atoms with E-state index >= 15 is 0 Å². The van der Waals surface area contributed by atoms with Gasteiger partial charge in [-0.1, -0.05) is 38.5 Å². The number of carbonyl (C=O) groups excluding carboxylic acids is 2. The lowest BCUT2D eigenvalue weighted by atomic mass is 9.72. The number of hydrogen-bond acceptors (Lipinski definition) is 4. The molecule has 6 N–H and O–H groups in total. The Bertz CT molecular complexity index is 856. The molecular weight excluding hydrogens is 548 g/mol. The molecule has 0 aromatic carbocycles. The first-order valence-electron chi connectivity index (χ1n) is 17.2. The summed E-state index contributed by atoms with van der Waals surface area (Å²) >= 11 is 0. The molecule has 10 heteroatoms. The fourth-order valence-electron chi connectivity index (χ4n) is 8.64. The van der Waals surface area contributed by atoms with Crippen LogP contribution in [0.25, 0.3) is 0 Å². The molecule has 0 saturated heterocycles. The maximum Gasteiger partial charge on any atom is 0.315 e. The molecule has 4 aliphatic carbocycles. The van der Waals surface area contributed by atoms with E-state index in [0.717, 1.165) is 116 Å². The molecule has 0 aromatic rings. The zero-order valence-corrected chi connectivity index (χ0v) is 26.1. The number of nitrogens with one attached hydrogen (secondary N) is 4. The van der Waals surface area contributed by atoms with Gasteiger partial charge in [0.05, 0.1) is 12.8 Å². The van der Waals surface area contributed by atoms with Crippen molar-refractivity contribution in [3.05, 3.63) is 0 Å². The summed E-state index contributed by atoms with van der Waals surface area (Å²) < 4.78 is 0. The lowest BCUT2D eigenvalue weighted by Gasteiger charge is -2.37. The van der Waals surface area contributed by atoms with Crippen molar-refractivity contribution in [1.29, 1.82) is 0 Å². The summed E-state index contributed by atoms with van der Waals surface area (Å²) in [5.41, 5.74) is -0.617. The molecule has 0 radical (unpaired) electrons. The van der Waals surface area contributed by atoms with E-state index in [-0.39, 0.29) is 47.8 Å². The second-order valence-electron chi connectivity index (χ2n) is 14.6. The summed E-state index contributed by atoms with van der Waals surface area (Å²) in [5, 5.41) is 31.0. The van der Waals surface area contributed by atoms with Crippen LogP contribution < -0.4 is 21.3 Å². The van der Waals surface area contributed by atoms with Gasteiger partial charge in [-0.15, -0.1) is 0 Å². The van der Waals surface area contributed by atoms with Crippen LogP contribution >= 0.6 is 0 Å². The Morgan fingerprint density at radius 3 is 1.21 bits per heavy atom. The summed E-state index contributed by atoms with van der Waals surface area (Å²) in [6.45, 7) is 0.871. The van der Waals surface area contributed by atoms with Gasteiger partial charge in [-0.2, -0.15) is 0 Å². The third-order valence-electron chi connectivity index (χ3n) is 11.2. The maximum absolute atomic E-state index is 12.6. The van der Waals surface area contributed by atoms with Crippen LogP contribution in [0.15, 0.2) is 0 Å². The molecule has 0 bridgehead atoms. The molecule has 4 rings (SSSR count). The molecule has 43 heavy (non-hydrogen) atoms. The second kappa shape index (κ2) is 16.0.